The number of hydrogen-bond donors (Lipinski definition) is 2. The number of nitro groups is 1. The van der Waals surface area contributed by atoms with Gasteiger partial charge in [-0.15, -0.1) is 0 Å². The van der Waals surface area contributed by atoms with E-state index < -0.39 is 10.7 Å². The van der Waals surface area contributed by atoms with Crippen molar-refractivity contribution in [2.75, 3.05) is 0 Å². The van der Waals surface area contributed by atoms with Crippen LogP contribution in [0.4, 0.5) is 5.69 Å². The highest BCUT2D eigenvalue weighted by molar-refractivity contribution is 5.95. The van der Waals surface area contributed by atoms with Gasteiger partial charge in [-0.05, 0) is 40.8 Å². The molecule has 0 bridgehead atoms. The smallest absolute Gasteiger partial charge is 0.310 e. The number of carbonyl (C=O) groups excluding carboxylic acids is 1. The van der Waals surface area contributed by atoms with E-state index in [0.717, 1.165) is 5.56 Å². The number of hydrogen-bond acceptors (Lipinski definition) is 5. The minimum Gasteiger partial charge on any atom is -0.502 e. The monoisotopic (exact) mass is 341 g/mol. The van der Waals surface area contributed by atoms with Gasteiger partial charge in [0.15, 0.2) is 5.75 Å². The maximum atomic E-state index is 12.0. The van der Waals surface area contributed by atoms with Crippen LogP contribution in [0, 0.1) is 10.1 Å². The Hall–Kier alpha value is -3.22. The third-order valence-electron chi connectivity index (χ3n) is 3.59. The first-order chi connectivity index (χ1) is 11.7. The van der Waals surface area contributed by atoms with E-state index in [9.17, 15) is 20.0 Å². The predicted molar refractivity (Wildman–Crippen MR) is 95.0 cm³/mol. The Balaban J connectivity index is 2.03. The molecule has 0 unspecified atom stereocenters. The highest BCUT2D eigenvalue weighted by Crippen LogP contribution is 2.25. The summed E-state index contributed by atoms with van der Waals surface area (Å²) < 4.78 is 0. The number of amides is 1. The molecule has 0 aliphatic heterocycles. The Labute approximate surface area is 145 Å². The second kappa shape index (κ2) is 7.12. The van der Waals surface area contributed by atoms with Gasteiger partial charge in [0.1, 0.15) is 0 Å². The van der Waals surface area contributed by atoms with Gasteiger partial charge < -0.3 is 5.11 Å². The number of rotatable bonds is 4. The summed E-state index contributed by atoms with van der Waals surface area (Å²) in [7, 11) is 0. The van der Waals surface area contributed by atoms with E-state index >= 15 is 0 Å². The number of aromatic hydroxyl groups is 1. The molecule has 0 saturated heterocycles. The molecule has 0 saturated carbocycles. The molecule has 2 N–H and O–H groups in total. The lowest BCUT2D eigenvalue weighted by Crippen LogP contribution is -2.18. The van der Waals surface area contributed by atoms with Crippen LogP contribution in [0.2, 0.25) is 0 Å². The first kappa shape index (κ1) is 18.1. The number of phenols is 1. The van der Waals surface area contributed by atoms with E-state index in [1.54, 1.807) is 12.1 Å². The quantitative estimate of drug-likeness (QED) is 0.505. The SMILES string of the molecule is CC(C)(C)c1ccc(C(=O)N/N=C/c2ccc([N+](=O)[O-])c(O)c2)cc1. The fourth-order valence-corrected chi connectivity index (χ4v) is 2.13. The van der Waals surface area contributed by atoms with Crippen LogP contribution in [-0.2, 0) is 5.41 Å². The van der Waals surface area contributed by atoms with Crippen LogP contribution in [0.1, 0.15) is 42.3 Å². The predicted octanol–water partition coefficient (Wildman–Crippen LogP) is 3.36. The summed E-state index contributed by atoms with van der Waals surface area (Å²) in [4.78, 5) is 22.0. The van der Waals surface area contributed by atoms with E-state index in [-0.39, 0.29) is 17.0 Å². The second-order valence-electron chi connectivity index (χ2n) is 6.53. The molecule has 2 rings (SSSR count). The molecule has 0 fully saturated rings. The van der Waals surface area contributed by atoms with Crippen molar-refractivity contribution in [2.45, 2.75) is 26.2 Å². The van der Waals surface area contributed by atoms with Crippen LogP contribution >= 0.6 is 0 Å². The maximum Gasteiger partial charge on any atom is 0.310 e. The molecule has 7 nitrogen and oxygen atoms in total. The van der Waals surface area contributed by atoms with Gasteiger partial charge in [0.2, 0.25) is 0 Å². The molecule has 7 heteroatoms. The summed E-state index contributed by atoms with van der Waals surface area (Å²) in [6, 6.07) is 11.0. The highest BCUT2D eigenvalue weighted by atomic mass is 16.6. The number of benzene rings is 2. The lowest BCUT2D eigenvalue weighted by atomic mass is 9.87. The Morgan fingerprint density at radius 3 is 2.36 bits per heavy atom. The number of nitrogens with one attached hydrogen (secondary N) is 1. The van der Waals surface area contributed by atoms with E-state index in [0.29, 0.717) is 11.1 Å². The Morgan fingerprint density at radius 2 is 1.84 bits per heavy atom. The fourth-order valence-electron chi connectivity index (χ4n) is 2.13. The number of hydrazone groups is 1. The molecule has 0 heterocycles. The molecule has 0 atom stereocenters. The molecule has 0 aromatic heterocycles. The fraction of sp³-hybridized carbons (Fsp3) is 0.222. The zero-order chi connectivity index (χ0) is 18.6. The minimum atomic E-state index is -0.681. The summed E-state index contributed by atoms with van der Waals surface area (Å²) in [6.07, 6.45) is 1.30. The van der Waals surface area contributed by atoms with E-state index in [1.165, 1.54) is 24.4 Å². The average molecular weight is 341 g/mol. The van der Waals surface area contributed by atoms with Crippen LogP contribution in [0.3, 0.4) is 0 Å². The van der Waals surface area contributed by atoms with Crippen LogP contribution in [0.15, 0.2) is 47.6 Å². The van der Waals surface area contributed by atoms with Crippen molar-refractivity contribution in [3.05, 3.63) is 69.3 Å². The van der Waals surface area contributed by atoms with Gasteiger partial charge in [0.05, 0.1) is 11.1 Å². The Bertz CT molecular complexity index is 821. The summed E-state index contributed by atoms with van der Waals surface area (Å²) in [6.45, 7) is 6.27. The summed E-state index contributed by atoms with van der Waals surface area (Å²) in [5, 5.41) is 24.0. The van der Waals surface area contributed by atoms with Crippen molar-refractivity contribution in [3.8, 4) is 5.75 Å². The lowest BCUT2D eigenvalue weighted by molar-refractivity contribution is -0.385. The van der Waals surface area contributed by atoms with Crippen LogP contribution in [0.25, 0.3) is 0 Å². The van der Waals surface area contributed by atoms with Crippen molar-refractivity contribution in [1.82, 2.24) is 5.43 Å². The third kappa shape index (κ3) is 4.63. The van der Waals surface area contributed by atoms with Crippen LogP contribution in [-0.4, -0.2) is 22.2 Å². The Morgan fingerprint density at radius 1 is 1.20 bits per heavy atom. The topological polar surface area (TPSA) is 105 Å². The molecule has 0 radical (unpaired) electrons. The summed E-state index contributed by atoms with van der Waals surface area (Å²) in [5.41, 5.74) is 4.00. The van der Waals surface area contributed by atoms with Gasteiger partial charge in [-0.3, -0.25) is 14.9 Å². The van der Waals surface area contributed by atoms with Crippen LogP contribution < -0.4 is 5.43 Å². The standard InChI is InChI=1S/C18H19N3O4/c1-18(2,3)14-7-5-13(6-8-14)17(23)20-19-11-12-4-9-15(21(24)25)16(22)10-12/h4-11,22H,1-3H3,(H,20,23)/b19-11+. The van der Waals surface area contributed by atoms with Gasteiger partial charge >= 0.3 is 5.69 Å². The number of nitro benzene ring substituents is 1. The molecule has 2 aromatic rings. The third-order valence-corrected chi connectivity index (χ3v) is 3.59. The lowest BCUT2D eigenvalue weighted by Gasteiger charge is -2.18. The van der Waals surface area contributed by atoms with Gasteiger partial charge in [0, 0.05) is 11.6 Å². The minimum absolute atomic E-state index is 0.00504. The highest BCUT2D eigenvalue weighted by Gasteiger charge is 2.14. The maximum absolute atomic E-state index is 12.0. The average Bonchev–Trinajstić information content (AvgIpc) is 2.54. The zero-order valence-electron chi connectivity index (χ0n) is 14.2. The summed E-state index contributed by atoms with van der Waals surface area (Å²) >= 11 is 0. The first-order valence-corrected chi connectivity index (χ1v) is 7.60. The van der Waals surface area contributed by atoms with Gasteiger partial charge in [-0.25, -0.2) is 5.43 Å². The molecule has 25 heavy (non-hydrogen) atoms. The van der Waals surface area contributed by atoms with E-state index in [4.69, 9.17) is 0 Å². The molecule has 0 aliphatic carbocycles. The van der Waals surface area contributed by atoms with Crippen molar-refractivity contribution >= 4 is 17.8 Å². The number of phenolic OH excluding ortho intramolecular Hbond substituents is 1. The van der Waals surface area contributed by atoms with Gasteiger partial charge in [-0.1, -0.05) is 32.9 Å². The van der Waals surface area contributed by atoms with Gasteiger partial charge in [-0.2, -0.15) is 5.10 Å². The molecule has 0 aliphatic rings. The number of nitrogens with zero attached hydrogens (tertiary/aromatic N) is 2. The van der Waals surface area contributed by atoms with E-state index in [2.05, 4.69) is 31.3 Å². The zero-order valence-corrected chi connectivity index (χ0v) is 14.2. The van der Waals surface area contributed by atoms with Crippen molar-refractivity contribution in [2.24, 2.45) is 5.10 Å². The molecular formula is C18H19N3O4. The summed E-state index contributed by atoms with van der Waals surface area (Å²) in [5.74, 6) is -0.833. The normalized spacial score (nSPS) is 11.5. The van der Waals surface area contributed by atoms with Crippen molar-refractivity contribution < 1.29 is 14.8 Å². The molecule has 0 spiro atoms. The van der Waals surface area contributed by atoms with E-state index in [1.807, 2.05) is 12.1 Å². The number of carbonyl (C=O) groups is 1. The van der Waals surface area contributed by atoms with Gasteiger partial charge in [0.25, 0.3) is 5.91 Å². The molecule has 1 amide bonds. The molecule has 130 valence electrons. The van der Waals surface area contributed by atoms with Crippen molar-refractivity contribution in [1.29, 1.82) is 0 Å². The Kier molecular flexibility index (Phi) is 5.17. The largest absolute Gasteiger partial charge is 0.502 e. The first-order valence-electron chi connectivity index (χ1n) is 7.60. The molecular weight excluding hydrogens is 322 g/mol. The van der Waals surface area contributed by atoms with Crippen LogP contribution in [0.5, 0.6) is 5.75 Å². The molecule has 2 aromatic carbocycles. The van der Waals surface area contributed by atoms with Crippen molar-refractivity contribution in [3.63, 3.8) is 0 Å². The second-order valence-corrected chi connectivity index (χ2v) is 6.53.